The first-order chi connectivity index (χ1) is 7.04. The highest BCUT2D eigenvalue weighted by molar-refractivity contribution is 5.92. The molecule has 0 saturated heterocycles. The van der Waals surface area contributed by atoms with Crippen molar-refractivity contribution in [3.05, 3.63) is 12.2 Å². The van der Waals surface area contributed by atoms with Crippen LogP contribution < -0.4 is 5.73 Å². The summed E-state index contributed by atoms with van der Waals surface area (Å²) in [6, 6.07) is 0.0639. The first-order valence-electron chi connectivity index (χ1n) is 5.77. The van der Waals surface area contributed by atoms with E-state index in [1.165, 1.54) is 0 Å². The Bertz CT molecular complexity index is 214. The van der Waals surface area contributed by atoms with E-state index in [9.17, 15) is 4.79 Å². The van der Waals surface area contributed by atoms with Gasteiger partial charge >= 0.3 is 0 Å². The predicted octanol–water partition coefficient (Wildman–Crippen LogP) is 1.93. The monoisotopic (exact) mass is 212 g/mol. The molecule has 1 unspecified atom stereocenters. The van der Waals surface area contributed by atoms with Crippen molar-refractivity contribution in [1.82, 2.24) is 4.90 Å². The van der Waals surface area contributed by atoms with E-state index in [1.54, 1.807) is 0 Å². The number of unbranched alkanes of at least 4 members (excludes halogenated alkanes) is 1. The Hall–Kier alpha value is -0.830. The van der Waals surface area contributed by atoms with Crippen LogP contribution in [0, 0.1) is 0 Å². The van der Waals surface area contributed by atoms with Crippen LogP contribution in [-0.2, 0) is 4.79 Å². The lowest BCUT2D eigenvalue weighted by atomic mass is 10.1. The Labute approximate surface area is 93.3 Å². The topological polar surface area (TPSA) is 46.3 Å². The summed E-state index contributed by atoms with van der Waals surface area (Å²) in [7, 11) is 0. The smallest absolute Gasteiger partial charge is 0.245 e. The van der Waals surface area contributed by atoms with E-state index in [1.807, 2.05) is 6.92 Å². The van der Waals surface area contributed by atoms with Gasteiger partial charge in [0.2, 0.25) is 5.91 Å². The molecular formula is C12H24N2O. The summed E-state index contributed by atoms with van der Waals surface area (Å²) in [6.07, 6.45) is 3.40. The van der Waals surface area contributed by atoms with Gasteiger partial charge in [-0.3, -0.25) is 9.69 Å². The first-order valence-corrected chi connectivity index (χ1v) is 5.77. The maximum Gasteiger partial charge on any atom is 0.245 e. The van der Waals surface area contributed by atoms with Gasteiger partial charge in [-0.15, -0.1) is 0 Å². The Morgan fingerprint density at radius 1 is 1.33 bits per heavy atom. The molecule has 0 bridgehead atoms. The van der Waals surface area contributed by atoms with E-state index in [4.69, 9.17) is 5.73 Å². The number of amides is 1. The van der Waals surface area contributed by atoms with Crippen LogP contribution in [0.4, 0.5) is 0 Å². The number of carbonyl (C=O) groups excluding carboxylic acids is 1. The zero-order valence-electron chi connectivity index (χ0n) is 10.3. The van der Waals surface area contributed by atoms with Gasteiger partial charge in [-0.05, 0) is 32.9 Å². The normalized spacial score (nSPS) is 12.8. The molecule has 0 radical (unpaired) electrons. The van der Waals surface area contributed by atoms with Crippen LogP contribution in [0.5, 0.6) is 0 Å². The molecule has 88 valence electrons. The molecule has 3 nitrogen and oxygen atoms in total. The molecule has 0 aromatic heterocycles. The number of nitrogens with two attached hydrogens (primary N) is 1. The summed E-state index contributed by atoms with van der Waals surface area (Å²) in [6.45, 7) is 12.1. The summed E-state index contributed by atoms with van der Waals surface area (Å²) >= 11 is 0. The second kappa shape index (κ2) is 7.46. The van der Waals surface area contributed by atoms with Gasteiger partial charge in [-0.2, -0.15) is 0 Å². The van der Waals surface area contributed by atoms with Gasteiger partial charge in [-0.25, -0.2) is 0 Å². The van der Waals surface area contributed by atoms with Gasteiger partial charge < -0.3 is 5.73 Å². The van der Waals surface area contributed by atoms with E-state index in [0.717, 1.165) is 32.4 Å². The maximum absolute atomic E-state index is 11.0. The number of nitrogens with zero attached hydrogens (tertiary/aromatic N) is 1. The lowest BCUT2D eigenvalue weighted by Crippen LogP contribution is -2.39. The number of hydrogen-bond acceptors (Lipinski definition) is 2. The molecule has 0 aliphatic carbocycles. The summed E-state index contributed by atoms with van der Waals surface area (Å²) in [5.74, 6) is -0.389. The first kappa shape index (κ1) is 14.2. The maximum atomic E-state index is 11.0. The molecule has 0 rings (SSSR count). The molecule has 1 amide bonds. The molecule has 0 spiro atoms. The second-order valence-electron chi connectivity index (χ2n) is 3.95. The largest absolute Gasteiger partial charge is 0.366 e. The fourth-order valence-corrected chi connectivity index (χ4v) is 1.57. The minimum absolute atomic E-state index is 0.0639. The van der Waals surface area contributed by atoms with E-state index < -0.39 is 0 Å². The molecule has 3 heteroatoms. The van der Waals surface area contributed by atoms with Crippen molar-refractivity contribution in [2.24, 2.45) is 5.73 Å². The van der Waals surface area contributed by atoms with E-state index >= 15 is 0 Å². The van der Waals surface area contributed by atoms with Crippen LogP contribution in [0.3, 0.4) is 0 Å². The van der Waals surface area contributed by atoms with Gasteiger partial charge in [0.05, 0.1) is 0 Å². The zero-order valence-corrected chi connectivity index (χ0v) is 10.3. The summed E-state index contributed by atoms with van der Waals surface area (Å²) in [5.41, 5.74) is 5.75. The van der Waals surface area contributed by atoms with Crippen LogP contribution in [0.1, 0.15) is 40.0 Å². The fraction of sp³-hybridized carbons (Fsp3) is 0.750. The number of primary amides is 1. The SMILES string of the molecule is C=C(C(N)=O)C(C)N(CCC)CCCC. The average molecular weight is 212 g/mol. The van der Waals surface area contributed by atoms with E-state index in [-0.39, 0.29) is 11.9 Å². The quantitative estimate of drug-likeness (QED) is 0.625. The molecule has 0 aliphatic heterocycles. The third-order valence-corrected chi connectivity index (χ3v) is 2.68. The minimum Gasteiger partial charge on any atom is -0.366 e. The lowest BCUT2D eigenvalue weighted by molar-refractivity contribution is -0.115. The molecule has 0 saturated carbocycles. The van der Waals surface area contributed by atoms with Crippen molar-refractivity contribution in [3.8, 4) is 0 Å². The Balaban J connectivity index is 4.32. The van der Waals surface area contributed by atoms with Crippen LogP contribution in [0.2, 0.25) is 0 Å². The minimum atomic E-state index is -0.389. The Morgan fingerprint density at radius 2 is 1.93 bits per heavy atom. The van der Waals surface area contributed by atoms with Gasteiger partial charge in [0, 0.05) is 11.6 Å². The highest BCUT2D eigenvalue weighted by Gasteiger charge is 2.18. The summed E-state index contributed by atoms with van der Waals surface area (Å²) < 4.78 is 0. The van der Waals surface area contributed by atoms with Crippen molar-refractivity contribution in [2.75, 3.05) is 13.1 Å². The molecule has 0 aromatic rings. The highest BCUT2D eigenvalue weighted by atomic mass is 16.1. The predicted molar refractivity (Wildman–Crippen MR) is 64.6 cm³/mol. The van der Waals surface area contributed by atoms with Crippen molar-refractivity contribution >= 4 is 5.91 Å². The standard InChI is InChI=1S/C12H24N2O/c1-5-7-9-14(8-6-2)11(4)10(3)12(13)15/h11H,3,5-9H2,1-2,4H3,(H2,13,15). The van der Waals surface area contributed by atoms with Crippen molar-refractivity contribution in [1.29, 1.82) is 0 Å². The average Bonchev–Trinajstić information content (AvgIpc) is 2.22. The van der Waals surface area contributed by atoms with E-state index in [2.05, 4.69) is 25.3 Å². The third kappa shape index (κ3) is 4.98. The molecule has 15 heavy (non-hydrogen) atoms. The summed E-state index contributed by atoms with van der Waals surface area (Å²) in [4.78, 5) is 13.3. The zero-order chi connectivity index (χ0) is 11.8. The van der Waals surface area contributed by atoms with Crippen LogP contribution in [0.25, 0.3) is 0 Å². The van der Waals surface area contributed by atoms with Gasteiger partial charge in [0.25, 0.3) is 0 Å². The molecule has 0 aliphatic rings. The summed E-state index contributed by atoms with van der Waals surface area (Å²) in [5, 5.41) is 0. The molecule has 0 heterocycles. The Kier molecular flexibility index (Phi) is 7.05. The van der Waals surface area contributed by atoms with Crippen molar-refractivity contribution in [3.63, 3.8) is 0 Å². The lowest BCUT2D eigenvalue weighted by Gasteiger charge is -2.29. The highest BCUT2D eigenvalue weighted by Crippen LogP contribution is 2.10. The third-order valence-electron chi connectivity index (χ3n) is 2.68. The fourth-order valence-electron chi connectivity index (χ4n) is 1.57. The van der Waals surface area contributed by atoms with Gasteiger partial charge in [0.1, 0.15) is 0 Å². The number of hydrogen-bond donors (Lipinski definition) is 1. The molecule has 1 atom stereocenters. The van der Waals surface area contributed by atoms with Crippen molar-refractivity contribution in [2.45, 2.75) is 46.1 Å². The molecule has 0 aromatic carbocycles. The Morgan fingerprint density at radius 3 is 2.33 bits per heavy atom. The molecule has 2 N–H and O–H groups in total. The van der Waals surface area contributed by atoms with Gasteiger partial charge in [-0.1, -0.05) is 26.8 Å². The number of carbonyl (C=O) groups is 1. The molecular weight excluding hydrogens is 188 g/mol. The van der Waals surface area contributed by atoms with Crippen LogP contribution in [0.15, 0.2) is 12.2 Å². The number of rotatable bonds is 8. The van der Waals surface area contributed by atoms with Crippen LogP contribution >= 0.6 is 0 Å². The van der Waals surface area contributed by atoms with Crippen molar-refractivity contribution < 1.29 is 4.79 Å². The van der Waals surface area contributed by atoms with Crippen LogP contribution in [-0.4, -0.2) is 29.9 Å². The van der Waals surface area contributed by atoms with E-state index in [0.29, 0.717) is 5.57 Å². The second-order valence-corrected chi connectivity index (χ2v) is 3.95. The van der Waals surface area contributed by atoms with Gasteiger partial charge in [0.15, 0.2) is 0 Å². The molecule has 0 fully saturated rings.